The van der Waals surface area contributed by atoms with Gasteiger partial charge in [-0.15, -0.1) is 0 Å². The average Bonchev–Trinajstić information content (AvgIpc) is 2.65. The smallest absolute Gasteiger partial charge is 0.305 e. The van der Waals surface area contributed by atoms with Gasteiger partial charge in [0.05, 0.1) is 11.8 Å². The number of nitrogens with zero attached hydrogens (tertiary/aromatic N) is 2. The zero-order valence-corrected chi connectivity index (χ0v) is 23.3. The van der Waals surface area contributed by atoms with Crippen LogP contribution in [0.15, 0.2) is 0 Å². The molecule has 7 nitrogen and oxygen atoms in total. The van der Waals surface area contributed by atoms with Crippen LogP contribution in [0.2, 0.25) is 0 Å². The van der Waals surface area contributed by atoms with E-state index in [0.29, 0.717) is 0 Å². The summed E-state index contributed by atoms with van der Waals surface area (Å²) in [5, 5.41) is 16.0. The van der Waals surface area contributed by atoms with E-state index in [4.69, 9.17) is 15.9 Å². The maximum atomic E-state index is 9.70. The van der Waals surface area contributed by atoms with E-state index in [1.807, 2.05) is 0 Å². The fourth-order valence-corrected chi connectivity index (χ4v) is 1.49. The van der Waals surface area contributed by atoms with Crippen molar-refractivity contribution in [1.82, 2.24) is 9.80 Å². The molecule has 0 atom stereocenters. The summed E-state index contributed by atoms with van der Waals surface area (Å²) in [6.07, 6.45) is 1.03. The van der Waals surface area contributed by atoms with Crippen LogP contribution in [0.25, 0.3) is 0 Å². The third-order valence-electron chi connectivity index (χ3n) is 3.70. The van der Waals surface area contributed by atoms with Gasteiger partial charge in [-0.2, -0.15) is 6.42 Å². The number of carboxylic acids is 2. The van der Waals surface area contributed by atoms with E-state index in [1.165, 1.54) is 0 Å². The van der Waals surface area contributed by atoms with Crippen molar-refractivity contribution in [3.63, 3.8) is 0 Å². The quantitative estimate of drug-likeness (QED) is 0.254. The van der Waals surface area contributed by atoms with Crippen molar-refractivity contribution in [2.75, 3.05) is 45.8 Å². The summed E-state index contributed by atoms with van der Waals surface area (Å²) in [6, 6.07) is 0. The van der Waals surface area contributed by atoms with E-state index in [2.05, 4.69) is 44.4 Å². The van der Waals surface area contributed by atoms with Crippen molar-refractivity contribution < 1.29 is 64.6 Å². The van der Waals surface area contributed by atoms with Crippen LogP contribution in [0.1, 0.15) is 61.8 Å². The summed E-state index contributed by atoms with van der Waals surface area (Å²) in [5.41, 5.74) is 5.34. The predicted molar refractivity (Wildman–Crippen MR) is 120 cm³/mol. The van der Waals surface area contributed by atoms with Crippen LogP contribution in [-0.4, -0.2) is 77.8 Å². The van der Waals surface area contributed by atoms with Gasteiger partial charge in [0.2, 0.25) is 0 Å². The Morgan fingerprint density at radius 1 is 0.767 bits per heavy atom. The third kappa shape index (κ3) is 42.4. The molecule has 9 heteroatoms. The van der Waals surface area contributed by atoms with E-state index < -0.39 is 11.9 Å². The first-order chi connectivity index (χ1) is 13.0. The molecule has 0 spiro atoms. The number of carbonyl (C=O) groups is 2. The van der Waals surface area contributed by atoms with Crippen LogP contribution in [0.4, 0.5) is 0 Å². The molecule has 0 aromatic heterocycles. The second kappa shape index (κ2) is 33.9. The zero-order valence-electron chi connectivity index (χ0n) is 20.3. The molecule has 30 heavy (non-hydrogen) atoms. The molecule has 0 heterocycles. The molecular weight excluding hydrogens is 574 g/mol. The van der Waals surface area contributed by atoms with Crippen molar-refractivity contribution in [2.24, 2.45) is 17.6 Å². The van der Waals surface area contributed by atoms with Gasteiger partial charge in [-0.3, -0.25) is 9.59 Å². The van der Waals surface area contributed by atoms with Gasteiger partial charge in [0.15, 0.2) is 0 Å². The van der Waals surface area contributed by atoms with Crippen molar-refractivity contribution in [1.29, 1.82) is 0 Å². The van der Waals surface area contributed by atoms with Crippen LogP contribution in [-0.2, 0) is 54.3 Å². The molecule has 0 saturated carbocycles. The summed E-state index contributed by atoms with van der Waals surface area (Å²) in [5.74, 6) is -1.94. The number of likely N-dealkylation sites (N-methyl/N-ethyl adjacent to an activating group) is 1. The maximum Gasteiger partial charge on any atom is 0.305 e. The molecule has 0 aliphatic rings. The largest absolute Gasteiger partial charge is 0.481 e. The molecular formula is C21H48Ag2N3O4-. The second-order valence-corrected chi connectivity index (χ2v) is 6.68. The fourth-order valence-electron chi connectivity index (χ4n) is 1.49. The van der Waals surface area contributed by atoms with Gasteiger partial charge in [-0.1, -0.05) is 55.4 Å². The minimum atomic E-state index is -0.741. The molecule has 0 aliphatic heterocycles. The monoisotopic (exact) mass is 620 g/mol. The Labute approximate surface area is 217 Å². The number of carboxylic acid groups (broad SMARTS) is 2. The molecule has 4 N–H and O–H groups in total. The molecule has 194 valence electrons. The van der Waals surface area contributed by atoms with Gasteiger partial charge in [-0.25, -0.2) is 0 Å². The molecule has 0 rings (SSSR count). The normalized spacial score (nSPS) is 9.27. The maximum absolute atomic E-state index is 9.70. The first kappa shape index (κ1) is 44.1. The third-order valence-corrected chi connectivity index (χ3v) is 3.70. The fraction of sp³-hybridized carbons (Fsp3) is 0.857. The van der Waals surface area contributed by atoms with Crippen molar-refractivity contribution >= 4 is 11.9 Å². The Hall–Kier alpha value is 0.301. The Morgan fingerprint density at radius 2 is 1.00 bits per heavy atom. The first-order valence-electron chi connectivity index (χ1n) is 10.4. The van der Waals surface area contributed by atoms with Crippen LogP contribution >= 0.6 is 0 Å². The average molecular weight is 622 g/mol. The topological polar surface area (TPSA) is 107 Å². The van der Waals surface area contributed by atoms with Gasteiger partial charge in [0, 0.05) is 57.9 Å². The minimum absolute atomic E-state index is 0. The van der Waals surface area contributed by atoms with E-state index in [0.717, 1.165) is 52.2 Å². The number of rotatable bonds is 10. The predicted octanol–water partition coefficient (Wildman–Crippen LogP) is 3.29. The van der Waals surface area contributed by atoms with Gasteiger partial charge in [0.1, 0.15) is 0 Å². The Morgan fingerprint density at radius 3 is 1.07 bits per heavy atom. The van der Waals surface area contributed by atoms with E-state index in [1.54, 1.807) is 27.7 Å². The van der Waals surface area contributed by atoms with Gasteiger partial charge in [-0.05, 0) is 32.7 Å². The Balaban J connectivity index is -0.0000000632. The molecule has 0 amide bonds. The second-order valence-electron chi connectivity index (χ2n) is 6.68. The van der Waals surface area contributed by atoms with Crippen LogP contribution in [0, 0.1) is 18.8 Å². The SMILES string of the molecule is CC(C)C(=O)O.CC(C)C(=O)O.CCN(CC)CCN.[Ag].[Ag].[CH2-]CCN(CC)CC. The van der Waals surface area contributed by atoms with Crippen molar-refractivity contribution in [3.8, 4) is 0 Å². The van der Waals surface area contributed by atoms with Gasteiger partial charge >= 0.3 is 11.9 Å². The summed E-state index contributed by atoms with van der Waals surface area (Å²) >= 11 is 0. The van der Waals surface area contributed by atoms with Crippen LogP contribution < -0.4 is 5.73 Å². The van der Waals surface area contributed by atoms with Crippen LogP contribution in [0.3, 0.4) is 0 Å². The Bertz CT molecular complexity index is 308. The van der Waals surface area contributed by atoms with Crippen LogP contribution in [0.5, 0.6) is 0 Å². The summed E-state index contributed by atoms with van der Waals surface area (Å²) < 4.78 is 0. The summed E-state index contributed by atoms with van der Waals surface area (Å²) in [4.78, 5) is 24.1. The van der Waals surface area contributed by atoms with Crippen molar-refractivity contribution in [2.45, 2.75) is 61.8 Å². The molecule has 0 bridgehead atoms. The van der Waals surface area contributed by atoms with E-state index >= 15 is 0 Å². The summed E-state index contributed by atoms with van der Waals surface area (Å²) in [7, 11) is 0. The molecule has 2 radical (unpaired) electrons. The Kier molecular flexibility index (Phi) is 49.8. The molecule has 0 aromatic rings. The zero-order chi connectivity index (χ0) is 23.1. The minimum Gasteiger partial charge on any atom is -0.481 e. The van der Waals surface area contributed by atoms with E-state index in [9.17, 15) is 9.59 Å². The molecule has 0 unspecified atom stereocenters. The number of aliphatic carboxylic acids is 2. The van der Waals surface area contributed by atoms with E-state index in [-0.39, 0.29) is 56.6 Å². The van der Waals surface area contributed by atoms with Gasteiger partial charge in [0.25, 0.3) is 0 Å². The molecule has 0 saturated heterocycles. The number of hydrogen-bond acceptors (Lipinski definition) is 5. The molecule has 0 aliphatic carbocycles. The molecule has 0 fully saturated rings. The first-order valence-corrected chi connectivity index (χ1v) is 10.4. The standard InChI is InChI=1S/C7H16N.C6H16N2.2C4H8O2.2Ag/c1-4-7-8(5-2)6-3;1-3-8(4-2)6-5-7;2*1-3(2)4(5)6;;/h1,4-7H2,2-3H3;3-7H2,1-2H3;2*3H,1-2H3,(H,5,6);;/q-1;;;;;. The molecule has 0 aromatic carbocycles. The van der Waals surface area contributed by atoms with Crippen molar-refractivity contribution in [3.05, 3.63) is 6.92 Å². The number of nitrogens with two attached hydrogens (primary N) is 1. The number of hydrogen-bond donors (Lipinski definition) is 3. The van der Waals surface area contributed by atoms with Gasteiger partial charge < -0.3 is 32.7 Å². The summed E-state index contributed by atoms with van der Waals surface area (Å²) in [6.45, 7) is 26.5.